The maximum atomic E-state index is 11.6. The van der Waals surface area contributed by atoms with Gasteiger partial charge in [-0.25, -0.2) is 4.79 Å². The van der Waals surface area contributed by atoms with Crippen molar-refractivity contribution in [3.05, 3.63) is 34.9 Å². The average molecular weight is 301 g/mol. The molecule has 1 N–H and O–H groups in total. The van der Waals surface area contributed by atoms with Crippen molar-refractivity contribution in [3.63, 3.8) is 0 Å². The Labute approximate surface area is 108 Å². The highest BCUT2D eigenvalue weighted by molar-refractivity contribution is 9.08. The largest absolute Gasteiger partial charge is 0.481 e. The maximum Gasteiger partial charge on any atom is 0.338 e. The van der Waals surface area contributed by atoms with Crippen LogP contribution in [0, 0.1) is 0 Å². The summed E-state index contributed by atoms with van der Waals surface area (Å²) in [6.07, 6.45) is 0.315. The number of aliphatic carboxylic acids is 1. The summed E-state index contributed by atoms with van der Waals surface area (Å²) >= 11 is 3.32. The highest BCUT2D eigenvalue weighted by Crippen LogP contribution is 2.20. The first-order chi connectivity index (χ1) is 8.10. The first-order valence-electron chi connectivity index (χ1n) is 5.07. The number of halogens is 1. The van der Waals surface area contributed by atoms with Crippen LogP contribution in [0.1, 0.15) is 27.9 Å². The van der Waals surface area contributed by atoms with E-state index in [9.17, 15) is 9.59 Å². The quantitative estimate of drug-likeness (QED) is 0.670. The Morgan fingerprint density at radius 2 is 2.12 bits per heavy atom. The topological polar surface area (TPSA) is 63.6 Å². The average Bonchev–Trinajstić information content (AvgIpc) is 2.34. The third-order valence-corrected chi connectivity index (χ3v) is 3.02. The van der Waals surface area contributed by atoms with E-state index in [0.29, 0.717) is 17.3 Å². The number of ether oxygens (including phenoxy) is 1. The van der Waals surface area contributed by atoms with Crippen LogP contribution < -0.4 is 0 Å². The van der Waals surface area contributed by atoms with Gasteiger partial charge in [-0.2, -0.15) is 0 Å². The number of hydrogen-bond acceptors (Lipinski definition) is 3. The smallest absolute Gasteiger partial charge is 0.338 e. The van der Waals surface area contributed by atoms with Gasteiger partial charge >= 0.3 is 11.9 Å². The Morgan fingerprint density at radius 3 is 2.65 bits per heavy atom. The van der Waals surface area contributed by atoms with Crippen LogP contribution in [-0.2, 0) is 21.3 Å². The van der Waals surface area contributed by atoms with Gasteiger partial charge in [0.2, 0.25) is 0 Å². The highest BCUT2D eigenvalue weighted by atomic mass is 79.9. The molecular weight excluding hydrogens is 288 g/mol. The molecule has 1 aromatic rings. The van der Waals surface area contributed by atoms with Gasteiger partial charge in [-0.1, -0.05) is 28.1 Å². The van der Waals surface area contributed by atoms with Crippen LogP contribution >= 0.6 is 15.9 Å². The molecule has 0 unspecified atom stereocenters. The summed E-state index contributed by atoms with van der Waals surface area (Å²) in [6, 6.07) is 5.26. The summed E-state index contributed by atoms with van der Waals surface area (Å²) in [5.41, 5.74) is 2.08. The van der Waals surface area contributed by atoms with E-state index in [0.717, 1.165) is 11.1 Å². The summed E-state index contributed by atoms with van der Waals surface area (Å²) in [7, 11) is 1.31. The Hall–Kier alpha value is -1.36. The molecule has 0 bridgehead atoms. The standard InChI is InChI=1S/C12H13BrO4/c1-17-12(16)10-4-2-3-8(7-13)9(10)5-6-11(14)15/h2-4H,5-7H2,1H3,(H,14,15). The Balaban J connectivity index is 3.11. The van der Waals surface area contributed by atoms with Crippen LogP contribution in [0.15, 0.2) is 18.2 Å². The number of methoxy groups -OCH3 is 1. The lowest BCUT2D eigenvalue weighted by Crippen LogP contribution is -2.09. The lowest BCUT2D eigenvalue weighted by molar-refractivity contribution is -0.136. The summed E-state index contributed by atoms with van der Waals surface area (Å²) in [5, 5.41) is 9.27. The normalized spacial score (nSPS) is 10.0. The van der Waals surface area contributed by atoms with Crippen molar-refractivity contribution in [2.24, 2.45) is 0 Å². The SMILES string of the molecule is COC(=O)c1cccc(CBr)c1CCC(=O)O. The number of carboxylic acids is 1. The van der Waals surface area contributed by atoms with E-state index in [1.54, 1.807) is 12.1 Å². The summed E-state index contributed by atoms with van der Waals surface area (Å²) < 4.78 is 4.68. The Bertz CT molecular complexity index is 429. The van der Waals surface area contributed by atoms with Crippen molar-refractivity contribution in [1.82, 2.24) is 0 Å². The summed E-state index contributed by atoms with van der Waals surface area (Å²) in [4.78, 5) is 22.2. The van der Waals surface area contributed by atoms with Gasteiger partial charge in [0, 0.05) is 11.8 Å². The number of carbonyl (C=O) groups excluding carboxylic acids is 1. The Morgan fingerprint density at radius 1 is 1.41 bits per heavy atom. The molecule has 0 radical (unpaired) electrons. The number of rotatable bonds is 5. The summed E-state index contributed by atoms with van der Waals surface area (Å²) in [5.74, 6) is -1.32. The van der Waals surface area contributed by atoms with Gasteiger partial charge in [-0.05, 0) is 23.6 Å². The number of alkyl halides is 1. The lowest BCUT2D eigenvalue weighted by Gasteiger charge is -2.11. The molecule has 0 aliphatic heterocycles. The number of carboxylic acid groups (broad SMARTS) is 1. The number of benzene rings is 1. The number of carbonyl (C=O) groups is 2. The van der Waals surface area contributed by atoms with Gasteiger partial charge in [0.15, 0.2) is 0 Å². The van der Waals surface area contributed by atoms with E-state index in [1.165, 1.54) is 7.11 Å². The van der Waals surface area contributed by atoms with Crippen molar-refractivity contribution in [2.75, 3.05) is 7.11 Å². The lowest BCUT2D eigenvalue weighted by atomic mass is 9.98. The van der Waals surface area contributed by atoms with Gasteiger partial charge in [-0.15, -0.1) is 0 Å². The molecule has 0 heterocycles. The fourth-order valence-electron chi connectivity index (χ4n) is 1.59. The van der Waals surface area contributed by atoms with E-state index in [2.05, 4.69) is 20.7 Å². The van der Waals surface area contributed by atoms with E-state index < -0.39 is 11.9 Å². The molecule has 0 saturated heterocycles. The zero-order valence-corrected chi connectivity index (χ0v) is 11.0. The van der Waals surface area contributed by atoms with E-state index in [4.69, 9.17) is 5.11 Å². The van der Waals surface area contributed by atoms with Crippen molar-refractivity contribution in [3.8, 4) is 0 Å². The van der Waals surface area contributed by atoms with Crippen LogP contribution in [0.5, 0.6) is 0 Å². The minimum atomic E-state index is -0.884. The molecule has 4 nitrogen and oxygen atoms in total. The van der Waals surface area contributed by atoms with Crippen molar-refractivity contribution >= 4 is 27.9 Å². The monoisotopic (exact) mass is 300 g/mol. The molecule has 5 heteroatoms. The molecule has 0 aliphatic rings. The molecule has 92 valence electrons. The fraction of sp³-hybridized carbons (Fsp3) is 0.333. The van der Waals surface area contributed by atoms with Crippen molar-refractivity contribution < 1.29 is 19.4 Å². The second kappa shape index (κ2) is 6.39. The first kappa shape index (κ1) is 13.7. The number of esters is 1. The number of hydrogen-bond donors (Lipinski definition) is 1. The second-order valence-electron chi connectivity index (χ2n) is 3.46. The third-order valence-electron chi connectivity index (χ3n) is 2.41. The molecule has 0 amide bonds. The van der Waals surface area contributed by atoms with E-state index in [-0.39, 0.29) is 6.42 Å². The third kappa shape index (κ3) is 3.56. The highest BCUT2D eigenvalue weighted by Gasteiger charge is 2.15. The van der Waals surface area contributed by atoms with Gasteiger partial charge in [0.05, 0.1) is 12.7 Å². The molecule has 1 rings (SSSR count). The van der Waals surface area contributed by atoms with Crippen LogP contribution in [0.2, 0.25) is 0 Å². The predicted molar refractivity (Wildman–Crippen MR) is 66.4 cm³/mol. The molecule has 0 fully saturated rings. The molecule has 0 aromatic heterocycles. The molecule has 17 heavy (non-hydrogen) atoms. The van der Waals surface area contributed by atoms with E-state index in [1.807, 2.05) is 6.07 Å². The fourth-order valence-corrected chi connectivity index (χ4v) is 2.11. The van der Waals surface area contributed by atoms with Crippen LogP contribution in [-0.4, -0.2) is 24.2 Å². The van der Waals surface area contributed by atoms with Gasteiger partial charge < -0.3 is 9.84 Å². The molecule has 0 spiro atoms. The van der Waals surface area contributed by atoms with Gasteiger partial charge in [-0.3, -0.25) is 4.79 Å². The first-order valence-corrected chi connectivity index (χ1v) is 6.19. The molecule has 1 aromatic carbocycles. The summed E-state index contributed by atoms with van der Waals surface area (Å²) in [6.45, 7) is 0. The second-order valence-corrected chi connectivity index (χ2v) is 4.02. The zero-order valence-electron chi connectivity index (χ0n) is 9.40. The minimum Gasteiger partial charge on any atom is -0.481 e. The molecule has 0 atom stereocenters. The maximum absolute atomic E-state index is 11.6. The van der Waals surface area contributed by atoms with E-state index >= 15 is 0 Å². The van der Waals surface area contributed by atoms with Crippen LogP contribution in [0.25, 0.3) is 0 Å². The van der Waals surface area contributed by atoms with Crippen molar-refractivity contribution in [2.45, 2.75) is 18.2 Å². The molecular formula is C12H13BrO4. The molecule has 0 aliphatic carbocycles. The molecule has 0 saturated carbocycles. The van der Waals surface area contributed by atoms with Crippen LogP contribution in [0.4, 0.5) is 0 Å². The van der Waals surface area contributed by atoms with Gasteiger partial charge in [0.1, 0.15) is 0 Å². The zero-order chi connectivity index (χ0) is 12.8. The van der Waals surface area contributed by atoms with Crippen LogP contribution in [0.3, 0.4) is 0 Å². The Kier molecular flexibility index (Phi) is 5.15. The van der Waals surface area contributed by atoms with Gasteiger partial charge in [0.25, 0.3) is 0 Å². The minimum absolute atomic E-state index is 0.00594. The predicted octanol–water partition coefficient (Wildman–Crippen LogP) is 2.39. The van der Waals surface area contributed by atoms with Crippen molar-refractivity contribution in [1.29, 1.82) is 0 Å².